The van der Waals surface area contributed by atoms with Gasteiger partial charge in [0.2, 0.25) is 0 Å². The number of carbonyl (C=O) groups is 2. The molecular formula is C49H63N8O9P. The van der Waals surface area contributed by atoms with Crippen LogP contribution in [0, 0.1) is 48.9 Å². The lowest BCUT2D eigenvalue weighted by Gasteiger charge is -2.37. The summed E-state index contributed by atoms with van der Waals surface area (Å²) >= 11 is 0. The number of anilines is 2. The highest BCUT2D eigenvalue weighted by Crippen LogP contribution is 2.54. The van der Waals surface area contributed by atoms with Crippen molar-refractivity contribution in [1.82, 2.24) is 23.8 Å². The van der Waals surface area contributed by atoms with Gasteiger partial charge in [0.15, 0.2) is 0 Å². The minimum absolute atomic E-state index is 0.185. The van der Waals surface area contributed by atoms with Gasteiger partial charge in [-0.2, -0.15) is 15.2 Å². The maximum Gasteiger partial charge on any atom is 0.351 e. The molecule has 358 valence electrons. The lowest BCUT2D eigenvalue weighted by molar-refractivity contribution is -0.0554. The van der Waals surface area contributed by atoms with Crippen molar-refractivity contribution in [3.63, 3.8) is 0 Å². The first-order chi connectivity index (χ1) is 32.0. The van der Waals surface area contributed by atoms with Crippen LogP contribution in [0.15, 0.2) is 82.6 Å². The number of carbonyl (C=O) groups excluding carboxylic acids is 2. The first-order valence-corrected chi connectivity index (χ1v) is 24.3. The predicted octanol–water partition coefficient (Wildman–Crippen LogP) is 7.52. The number of hydrogen-bond acceptors (Lipinski definition) is 13. The van der Waals surface area contributed by atoms with Gasteiger partial charge < -0.3 is 34.3 Å². The number of aliphatic hydroxyl groups is 1. The van der Waals surface area contributed by atoms with Crippen LogP contribution in [-0.2, 0) is 18.5 Å². The van der Waals surface area contributed by atoms with E-state index in [1.54, 1.807) is 67.8 Å². The second-order valence-electron chi connectivity index (χ2n) is 18.7. The maximum absolute atomic E-state index is 13.1. The Kier molecular flexibility index (Phi) is 16.2. The SMILES string of the molecule is Cc1cn([C@@H]2C[C@@H]3[C@H](O2)[C@H](O)C[C@H]3C)c(=O)nc1NC(=O)c1ccccc1.Cc1cn([C@@H]2C[C@@H]3[C@H](O2)[C@H](OP(OCCC#N)N(C(C)C)C(C)C)C[C@H]3C)c(=O)nc1NC(=O)c1ccccc1. The number of nitrogens with one attached hydrogen (secondary N) is 2. The molecule has 8 rings (SSSR count). The second-order valence-corrected chi connectivity index (χ2v) is 20.1. The summed E-state index contributed by atoms with van der Waals surface area (Å²) in [6.07, 6.45) is 4.61. The monoisotopic (exact) mass is 938 g/mol. The Hall–Kier alpha value is -5.18. The molecule has 4 aromatic rings. The summed E-state index contributed by atoms with van der Waals surface area (Å²) in [5.74, 6) is 1.03. The molecule has 2 saturated heterocycles. The first-order valence-electron chi connectivity index (χ1n) is 23.2. The van der Waals surface area contributed by atoms with Crippen LogP contribution in [0.5, 0.6) is 0 Å². The molecule has 0 spiro atoms. The largest absolute Gasteiger partial charge is 0.390 e. The van der Waals surface area contributed by atoms with Crippen LogP contribution in [0.1, 0.15) is 118 Å². The van der Waals surface area contributed by atoms with Gasteiger partial charge in [-0.05, 0) is 115 Å². The van der Waals surface area contributed by atoms with Crippen LogP contribution in [-0.4, -0.2) is 83.8 Å². The van der Waals surface area contributed by atoms with Crippen LogP contribution >= 0.6 is 8.53 Å². The average Bonchev–Trinajstić information content (AvgIpc) is 4.07. The summed E-state index contributed by atoms with van der Waals surface area (Å²) in [6, 6.07) is 20.1. The number of aryl methyl sites for hydroxylation is 2. The molecule has 0 radical (unpaired) electrons. The summed E-state index contributed by atoms with van der Waals surface area (Å²) < 4.78 is 30.5. The number of nitrogens with zero attached hydrogens (tertiary/aromatic N) is 6. The molecule has 2 amide bonds. The minimum Gasteiger partial charge on any atom is -0.390 e. The Labute approximate surface area is 392 Å². The van der Waals surface area contributed by atoms with E-state index < -0.39 is 38.5 Å². The van der Waals surface area contributed by atoms with Crippen molar-refractivity contribution in [3.8, 4) is 6.07 Å². The smallest absolute Gasteiger partial charge is 0.351 e. The Morgan fingerprint density at radius 2 is 1.25 bits per heavy atom. The Bertz CT molecular complexity index is 2490. The fourth-order valence-electron chi connectivity index (χ4n) is 9.84. The fraction of sp³-hybridized carbons (Fsp3) is 0.531. The number of rotatable bonds is 14. The fourth-order valence-corrected chi connectivity index (χ4v) is 11.6. The number of ether oxygens (including phenoxy) is 2. The van der Waals surface area contributed by atoms with Gasteiger partial charge in [-0.1, -0.05) is 50.2 Å². The molecule has 3 N–H and O–H groups in total. The first kappa shape index (κ1) is 49.7. The predicted molar refractivity (Wildman–Crippen MR) is 253 cm³/mol. The highest BCUT2D eigenvalue weighted by molar-refractivity contribution is 7.44. The van der Waals surface area contributed by atoms with E-state index in [0.29, 0.717) is 60.0 Å². The van der Waals surface area contributed by atoms with E-state index in [4.69, 9.17) is 23.8 Å². The zero-order valence-electron chi connectivity index (χ0n) is 39.4. The van der Waals surface area contributed by atoms with E-state index in [1.807, 2.05) is 19.1 Å². The molecule has 2 aliphatic carbocycles. The molecule has 2 saturated carbocycles. The lowest BCUT2D eigenvalue weighted by Crippen LogP contribution is -2.36. The normalized spacial score (nSPS) is 26.7. The van der Waals surface area contributed by atoms with Gasteiger partial charge in [0, 0.05) is 46.7 Å². The molecule has 2 aromatic carbocycles. The van der Waals surface area contributed by atoms with Crippen LogP contribution in [0.2, 0.25) is 0 Å². The Balaban J connectivity index is 0.000000214. The summed E-state index contributed by atoms with van der Waals surface area (Å²) in [7, 11) is -1.40. The van der Waals surface area contributed by atoms with E-state index in [9.17, 15) is 24.3 Å². The van der Waals surface area contributed by atoms with Gasteiger partial charge in [0.1, 0.15) is 24.1 Å². The van der Waals surface area contributed by atoms with Crippen molar-refractivity contribution in [1.29, 1.82) is 5.26 Å². The van der Waals surface area contributed by atoms with Gasteiger partial charge in [-0.25, -0.2) is 14.3 Å². The van der Waals surface area contributed by atoms with Crippen molar-refractivity contribution in [3.05, 3.63) is 116 Å². The molecule has 17 nitrogen and oxygen atoms in total. The number of benzene rings is 2. The molecular weight excluding hydrogens is 876 g/mol. The Morgan fingerprint density at radius 3 is 1.72 bits per heavy atom. The maximum atomic E-state index is 13.1. The number of hydrogen-bond donors (Lipinski definition) is 3. The molecule has 2 aromatic heterocycles. The third-order valence-corrected chi connectivity index (χ3v) is 15.3. The van der Waals surface area contributed by atoms with Crippen molar-refractivity contribution in [2.45, 2.75) is 136 Å². The van der Waals surface area contributed by atoms with E-state index >= 15 is 0 Å². The quantitative estimate of drug-likeness (QED) is 0.0826. The number of nitriles is 1. The lowest BCUT2D eigenvalue weighted by atomic mass is 9.94. The van der Waals surface area contributed by atoms with Crippen molar-refractivity contribution in [2.75, 3.05) is 17.2 Å². The van der Waals surface area contributed by atoms with Crippen molar-refractivity contribution in [2.24, 2.45) is 23.7 Å². The molecule has 4 aliphatic rings. The van der Waals surface area contributed by atoms with Crippen LogP contribution in [0.3, 0.4) is 0 Å². The number of aliphatic hydroxyl groups excluding tert-OH is 1. The third kappa shape index (κ3) is 11.4. The zero-order valence-corrected chi connectivity index (χ0v) is 40.3. The van der Waals surface area contributed by atoms with E-state index in [2.05, 4.69) is 72.9 Å². The van der Waals surface area contributed by atoms with Crippen LogP contribution in [0.4, 0.5) is 11.6 Å². The minimum atomic E-state index is -1.40. The van der Waals surface area contributed by atoms with Crippen LogP contribution < -0.4 is 22.0 Å². The van der Waals surface area contributed by atoms with Gasteiger partial charge >= 0.3 is 11.4 Å². The van der Waals surface area contributed by atoms with Crippen molar-refractivity contribution >= 4 is 32.0 Å². The van der Waals surface area contributed by atoms with Crippen molar-refractivity contribution < 1.29 is 33.2 Å². The third-order valence-electron chi connectivity index (χ3n) is 13.2. The zero-order chi connectivity index (χ0) is 48.1. The molecule has 1 unspecified atom stereocenters. The summed E-state index contributed by atoms with van der Waals surface area (Å²) in [4.78, 5) is 58.8. The number of aromatic nitrogens is 4. The second kappa shape index (κ2) is 21.8. The standard InChI is InChI=1S/C29H40N5O5P.C20H23N3O4/c1-18(2)34(19(3)4)40(37-14-10-13-30)39-24-15-20(5)23-16-25(38-26(23)24)33-17-21(6)27(32-29(33)36)31-28(35)22-11-8-7-9-12-22;1-11-8-15(24)17-14(11)9-16(27-17)23-10-12(2)18(22-20(23)26)21-19(25)13-6-4-3-5-7-13/h7-9,11-12,17-20,23-26H,10,14-16H2,1-6H3,(H,31,32,35,36);3-7,10-11,14-17,24H,8-9H2,1-2H3,(H,21,22,25,26)/t20-,23+,24-,25+,26+,40?;11-,14+,15-,16+,17+/m11/s1. The molecule has 4 fully saturated rings. The van der Waals surface area contributed by atoms with E-state index in [-0.39, 0.29) is 65.7 Å². The molecule has 4 heterocycles. The average molecular weight is 939 g/mol. The van der Waals surface area contributed by atoms with Gasteiger partial charge in [0.25, 0.3) is 20.3 Å². The highest BCUT2D eigenvalue weighted by atomic mass is 31.2. The molecule has 11 atom stereocenters. The summed E-state index contributed by atoms with van der Waals surface area (Å²) in [5, 5.41) is 24.6. The molecule has 18 heteroatoms. The van der Waals surface area contributed by atoms with Crippen LogP contribution in [0.25, 0.3) is 0 Å². The molecule has 67 heavy (non-hydrogen) atoms. The summed E-state index contributed by atoms with van der Waals surface area (Å²) in [5.41, 5.74) is 1.38. The van der Waals surface area contributed by atoms with Gasteiger partial charge in [0.05, 0.1) is 43.5 Å². The number of fused-ring (bicyclic) bond motifs is 2. The summed E-state index contributed by atoms with van der Waals surface area (Å²) in [6.45, 7) is 16.7. The van der Waals surface area contributed by atoms with E-state index in [0.717, 1.165) is 12.8 Å². The van der Waals surface area contributed by atoms with E-state index in [1.165, 1.54) is 9.13 Å². The van der Waals surface area contributed by atoms with Gasteiger partial charge in [-0.3, -0.25) is 18.7 Å². The molecule has 2 aliphatic heterocycles. The van der Waals surface area contributed by atoms with Gasteiger partial charge in [-0.15, -0.1) is 0 Å². The molecule has 0 bridgehead atoms. The highest BCUT2D eigenvalue weighted by Gasteiger charge is 2.52. The topological polar surface area (TPSA) is 212 Å². The Morgan fingerprint density at radius 1 is 0.791 bits per heavy atom. The number of amides is 2.